The van der Waals surface area contributed by atoms with Crippen LogP contribution in [0.4, 0.5) is 0 Å². The van der Waals surface area contributed by atoms with Crippen LogP contribution >= 0.6 is 11.8 Å². The molecule has 0 aliphatic heterocycles. The zero-order valence-electron chi connectivity index (χ0n) is 17.5. The number of aromatic nitrogens is 3. The summed E-state index contributed by atoms with van der Waals surface area (Å²) in [4.78, 5) is 24.4. The molecule has 8 nitrogen and oxygen atoms in total. The fourth-order valence-corrected chi connectivity index (χ4v) is 3.66. The molecule has 0 aliphatic carbocycles. The van der Waals surface area contributed by atoms with Crippen molar-refractivity contribution in [2.45, 2.75) is 30.7 Å². The molecular weight excluding hydrogens is 414 g/mol. The number of rotatable bonds is 9. The number of amides is 2. The molecule has 1 heterocycles. The summed E-state index contributed by atoms with van der Waals surface area (Å²) in [5.74, 6) is 0.861. The van der Waals surface area contributed by atoms with E-state index in [4.69, 9.17) is 4.74 Å². The van der Waals surface area contributed by atoms with Crippen LogP contribution in [-0.2, 0) is 24.0 Å². The van der Waals surface area contributed by atoms with Gasteiger partial charge in [0.2, 0.25) is 5.91 Å². The van der Waals surface area contributed by atoms with Crippen molar-refractivity contribution in [2.75, 3.05) is 6.61 Å². The Morgan fingerprint density at radius 2 is 1.87 bits per heavy atom. The third kappa shape index (κ3) is 6.58. The molecule has 162 valence electrons. The highest BCUT2D eigenvalue weighted by molar-refractivity contribution is 7.98. The van der Waals surface area contributed by atoms with Crippen LogP contribution in [-0.4, -0.2) is 33.2 Å². The molecule has 0 saturated heterocycles. The van der Waals surface area contributed by atoms with Crippen LogP contribution in [0.3, 0.4) is 0 Å². The topological polar surface area (TPSA) is 98.1 Å². The average Bonchev–Trinajstić information content (AvgIpc) is 3.20. The van der Waals surface area contributed by atoms with Crippen molar-refractivity contribution in [1.82, 2.24) is 25.6 Å². The van der Waals surface area contributed by atoms with Crippen LogP contribution in [0.2, 0.25) is 0 Å². The third-order valence-corrected chi connectivity index (χ3v) is 5.57. The number of hydrazine groups is 1. The molecule has 0 spiro atoms. The molecular formula is C22H25N5O3S. The number of thioether (sulfide) groups is 1. The predicted molar refractivity (Wildman–Crippen MR) is 119 cm³/mol. The third-order valence-electron chi connectivity index (χ3n) is 4.46. The SMILES string of the molecule is CCOc1ccccc1CCC(=O)NNC(=O)c1ccc(CSc2nncn2C)cc1. The smallest absolute Gasteiger partial charge is 0.269 e. The number of carbonyl (C=O) groups is 2. The number of hydrogen-bond donors (Lipinski definition) is 2. The van der Waals surface area contributed by atoms with Crippen LogP contribution < -0.4 is 15.6 Å². The molecule has 0 saturated carbocycles. The van der Waals surface area contributed by atoms with Gasteiger partial charge in [-0.05, 0) is 42.7 Å². The van der Waals surface area contributed by atoms with E-state index in [1.54, 1.807) is 30.2 Å². The fourth-order valence-electron chi connectivity index (χ4n) is 2.82. The van der Waals surface area contributed by atoms with Gasteiger partial charge in [0.05, 0.1) is 6.61 Å². The van der Waals surface area contributed by atoms with Crippen LogP contribution in [0, 0.1) is 0 Å². The Morgan fingerprint density at radius 1 is 1.10 bits per heavy atom. The Bertz CT molecular complexity index is 1020. The maximum absolute atomic E-state index is 12.3. The maximum Gasteiger partial charge on any atom is 0.269 e. The van der Waals surface area contributed by atoms with Crippen LogP contribution in [0.1, 0.15) is 34.8 Å². The second-order valence-electron chi connectivity index (χ2n) is 6.75. The van der Waals surface area contributed by atoms with Crippen LogP contribution in [0.5, 0.6) is 5.75 Å². The van der Waals surface area contributed by atoms with Gasteiger partial charge in [-0.2, -0.15) is 0 Å². The van der Waals surface area contributed by atoms with Gasteiger partial charge in [0.1, 0.15) is 12.1 Å². The highest BCUT2D eigenvalue weighted by atomic mass is 32.2. The number of aryl methyl sites for hydroxylation is 2. The van der Waals surface area contributed by atoms with E-state index in [1.807, 2.05) is 54.9 Å². The summed E-state index contributed by atoms with van der Waals surface area (Å²) < 4.78 is 7.42. The predicted octanol–water partition coefficient (Wildman–Crippen LogP) is 2.90. The van der Waals surface area contributed by atoms with E-state index < -0.39 is 0 Å². The Balaban J connectivity index is 1.43. The van der Waals surface area contributed by atoms with Crippen LogP contribution in [0.15, 0.2) is 60.0 Å². The van der Waals surface area contributed by atoms with Crippen molar-refractivity contribution < 1.29 is 14.3 Å². The molecule has 1 aromatic heterocycles. The van der Waals surface area contributed by atoms with Crippen molar-refractivity contribution in [3.63, 3.8) is 0 Å². The summed E-state index contributed by atoms with van der Waals surface area (Å²) in [5.41, 5.74) is 7.41. The number of nitrogens with one attached hydrogen (secondary N) is 2. The molecule has 0 bridgehead atoms. The Kier molecular flexibility index (Phi) is 8.05. The van der Waals surface area contributed by atoms with Gasteiger partial charge in [-0.25, -0.2) is 0 Å². The molecule has 2 aromatic carbocycles. The van der Waals surface area contributed by atoms with E-state index >= 15 is 0 Å². The Hall–Kier alpha value is -3.33. The molecule has 3 aromatic rings. The summed E-state index contributed by atoms with van der Waals surface area (Å²) in [6.45, 7) is 2.49. The minimum absolute atomic E-state index is 0.239. The van der Waals surface area contributed by atoms with Crippen molar-refractivity contribution in [3.8, 4) is 5.75 Å². The van der Waals surface area contributed by atoms with Gasteiger partial charge in [0, 0.05) is 24.8 Å². The zero-order chi connectivity index (χ0) is 22.1. The number of carbonyl (C=O) groups excluding carboxylic acids is 2. The maximum atomic E-state index is 12.3. The van der Waals surface area contributed by atoms with E-state index in [2.05, 4.69) is 21.0 Å². The van der Waals surface area contributed by atoms with Gasteiger partial charge in [-0.15, -0.1) is 10.2 Å². The number of hydrogen-bond acceptors (Lipinski definition) is 6. The van der Waals surface area contributed by atoms with E-state index in [1.165, 1.54) is 0 Å². The molecule has 0 aliphatic rings. The van der Waals surface area contributed by atoms with Gasteiger partial charge in [-0.1, -0.05) is 42.1 Å². The van der Waals surface area contributed by atoms with Crippen molar-refractivity contribution in [3.05, 3.63) is 71.5 Å². The van der Waals surface area contributed by atoms with E-state index in [9.17, 15) is 9.59 Å². The Morgan fingerprint density at radius 3 is 2.58 bits per heavy atom. The number of benzene rings is 2. The van der Waals surface area contributed by atoms with Gasteiger partial charge in [-0.3, -0.25) is 20.4 Å². The summed E-state index contributed by atoms with van der Waals surface area (Å²) in [5, 5.41) is 8.70. The quantitative estimate of drug-likeness (QED) is 0.393. The monoisotopic (exact) mass is 439 g/mol. The molecule has 0 radical (unpaired) electrons. The molecule has 0 fully saturated rings. The first-order valence-corrected chi connectivity index (χ1v) is 10.9. The van der Waals surface area contributed by atoms with Crippen molar-refractivity contribution in [1.29, 1.82) is 0 Å². The van der Waals surface area contributed by atoms with Gasteiger partial charge >= 0.3 is 0 Å². The first kappa shape index (κ1) is 22.4. The molecule has 9 heteroatoms. The molecule has 2 N–H and O–H groups in total. The summed E-state index contributed by atoms with van der Waals surface area (Å²) in [6.07, 6.45) is 2.42. The lowest BCUT2D eigenvalue weighted by molar-refractivity contribution is -0.121. The molecule has 3 rings (SSSR count). The summed E-state index contributed by atoms with van der Waals surface area (Å²) in [7, 11) is 1.89. The normalized spacial score (nSPS) is 10.5. The lowest BCUT2D eigenvalue weighted by Crippen LogP contribution is -2.41. The highest BCUT2D eigenvalue weighted by Crippen LogP contribution is 2.20. The number of para-hydroxylation sites is 1. The lowest BCUT2D eigenvalue weighted by Gasteiger charge is -2.11. The second kappa shape index (κ2) is 11.2. The van der Waals surface area contributed by atoms with Crippen LogP contribution in [0.25, 0.3) is 0 Å². The van der Waals surface area contributed by atoms with Gasteiger partial charge < -0.3 is 9.30 Å². The summed E-state index contributed by atoms with van der Waals surface area (Å²) in [6, 6.07) is 14.8. The molecule has 31 heavy (non-hydrogen) atoms. The Labute approximate surface area is 185 Å². The molecule has 2 amide bonds. The van der Waals surface area contributed by atoms with E-state index in [0.29, 0.717) is 24.3 Å². The summed E-state index contributed by atoms with van der Waals surface area (Å²) >= 11 is 1.57. The lowest BCUT2D eigenvalue weighted by atomic mass is 10.1. The molecule has 0 unspecified atom stereocenters. The highest BCUT2D eigenvalue weighted by Gasteiger charge is 2.10. The minimum Gasteiger partial charge on any atom is -0.494 e. The average molecular weight is 440 g/mol. The first-order valence-electron chi connectivity index (χ1n) is 9.92. The number of nitrogens with zero attached hydrogens (tertiary/aromatic N) is 3. The van der Waals surface area contributed by atoms with Crippen molar-refractivity contribution in [2.24, 2.45) is 7.05 Å². The van der Waals surface area contributed by atoms with E-state index in [-0.39, 0.29) is 18.2 Å². The minimum atomic E-state index is -0.365. The zero-order valence-corrected chi connectivity index (χ0v) is 18.3. The standard InChI is InChI=1S/C22H25N5O3S/c1-3-30-19-7-5-4-6-17(19)12-13-20(28)24-25-21(29)18-10-8-16(9-11-18)14-31-22-26-23-15-27(22)2/h4-11,15H,3,12-14H2,1-2H3,(H,24,28)(H,25,29). The fraction of sp³-hybridized carbons (Fsp3) is 0.273. The van der Waals surface area contributed by atoms with Gasteiger partial charge in [0.15, 0.2) is 5.16 Å². The van der Waals surface area contributed by atoms with Gasteiger partial charge in [0.25, 0.3) is 5.91 Å². The second-order valence-corrected chi connectivity index (χ2v) is 7.70. The number of ether oxygens (including phenoxy) is 1. The van der Waals surface area contributed by atoms with Crippen molar-refractivity contribution >= 4 is 23.6 Å². The largest absolute Gasteiger partial charge is 0.494 e. The van der Waals surface area contributed by atoms with E-state index in [0.717, 1.165) is 22.0 Å². The first-order chi connectivity index (χ1) is 15.1. The molecule has 0 atom stereocenters.